The average Bonchev–Trinajstić information content (AvgIpc) is 2.96. The highest BCUT2D eigenvalue weighted by atomic mass is 32.1. The lowest BCUT2D eigenvalue weighted by molar-refractivity contribution is 1.01. The summed E-state index contributed by atoms with van der Waals surface area (Å²) >= 11 is 3.47. The molecule has 18 heavy (non-hydrogen) atoms. The van der Waals surface area contributed by atoms with Gasteiger partial charge in [-0.15, -0.1) is 22.7 Å². The smallest absolute Gasteiger partial charge is 0.138 e. The number of nitrogens with one attached hydrogen (secondary N) is 1. The van der Waals surface area contributed by atoms with Crippen LogP contribution < -0.4 is 5.32 Å². The summed E-state index contributed by atoms with van der Waals surface area (Å²) in [6.07, 6.45) is 0.805. The van der Waals surface area contributed by atoms with Gasteiger partial charge in [-0.25, -0.2) is 9.97 Å². The van der Waals surface area contributed by atoms with Gasteiger partial charge in [0, 0.05) is 23.2 Å². The van der Waals surface area contributed by atoms with E-state index in [1.807, 2.05) is 7.05 Å². The molecule has 5 heteroatoms. The maximum absolute atomic E-state index is 4.65. The average molecular weight is 275 g/mol. The van der Waals surface area contributed by atoms with E-state index in [0.717, 1.165) is 28.3 Å². The van der Waals surface area contributed by atoms with Crippen molar-refractivity contribution in [2.45, 2.75) is 13.3 Å². The number of rotatable bonds is 3. The minimum Gasteiger partial charge on any atom is -0.372 e. The van der Waals surface area contributed by atoms with Crippen LogP contribution in [-0.2, 0) is 6.42 Å². The lowest BCUT2D eigenvalue weighted by atomic mass is 10.3. The molecule has 0 aliphatic carbocycles. The summed E-state index contributed by atoms with van der Waals surface area (Å²) in [5, 5.41) is 6.37. The van der Waals surface area contributed by atoms with Crippen molar-refractivity contribution in [1.29, 1.82) is 0 Å². The molecule has 0 aliphatic heterocycles. The number of anilines is 1. The van der Waals surface area contributed by atoms with Crippen LogP contribution in [0.3, 0.4) is 0 Å². The van der Waals surface area contributed by atoms with Crippen molar-refractivity contribution in [2.24, 2.45) is 0 Å². The van der Waals surface area contributed by atoms with Crippen molar-refractivity contribution in [1.82, 2.24) is 9.97 Å². The Morgan fingerprint density at radius 2 is 2.22 bits per heavy atom. The van der Waals surface area contributed by atoms with Crippen LogP contribution in [-0.4, -0.2) is 17.0 Å². The van der Waals surface area contributed by atoms with E-state index in [-0.39, 0.29) is 0 Å². The molecular formula is C13H13N3S2. The molecule has 0 atom stereocenters. The summed E-state index contributed by atoms with van der Waals surface area (Å²) in [6.45, 7) is 2.10. The van der Waals surface area contributed by atoms with E-state index < -0.39 is 0 Å². The van der Waals surface area contributed by atoms with E-state index >= 15 is 0 Å². The highest BCUT2D eigenvalue weighted by molar-refractivity contribution is 7.18. The molecular weight excluding hydrogens is 262 g/mol. The normalized spacial score (nSPS) is 11.0. The first-order chi connectivity index (χ1) is 8.76. The van der Waals surface area contributed by atoms with Crippen LogP contribution in [0.2, 0.25) is 0 Å². The van der Waals surface area contributed by atoms with Crippen molar-refractivity contribution >= 4 is 38.7 Å². The summed E-state index contributed by atoms with van der Waals surface area (Å²) in [6, 6.07) is 6.32. The monoisotopic (exact) mass is 275 g/mol. The van der Waals surface area contributed by atoms with Crippen molar-refractivity contribution in [3.8, 4) is 0 Å². The molecule has 1 N–H and O–H groups in total. The maximum atomic E-state index is 4.65. The zero-order valence-corrected chi connectivity index (χ0v) is 11.9. The van der Waals surface area contributed by atoms with E-state index in [1.165, 1.54) is 9.75 Å². The standard InChI is InChI=1S/C13H13N3S2/c1-8-6-10-12(14-2)15-11(16-13(10)18-8)7-9-4-3-5-17-9/h3-6H,7H2,1-2H3,(H,14,15,16). The van der Waals surface area contributed by atoms with Crippen LogP contribution in [0.25, 0.3) is 10.2 Å². The summed E-state index contributed by atoms with van der Waals surface area (Å²) in [7, 11) is 1.91. The van der Waals surface area contributed by atoms with Gasteiger partial charge in [0.15, 0.2) is 0 Å². The predicted octanol–water partition coefficient (Wildman–Crippen LogP) is 3.69. The lowest BCUT2D eigenvalue weighted by Gasteiger charge is -2.04. The molecule has 0 amide bonds. The molecule has 0 fully saturated rings. The number of nitrogens with zero attached hydrogens (tertiary/aromatic N) is 2. The fourth-order valence-corrected chi connectivity index (χ4v) is 3.52. The van der Waals surface area contributed by atoms with Crippen molar-refractivity contribution in [3.05, 3.63) is 39.2 Å². The van der Waals surface area contributed by atoms with E-state index in [0.29, 0.717) is 0 Å². The van der Waals surface area contributed by atoms with Crippen molar-refractivity contribution < 1.29 is 0 Å². The molecule has 0 spiro atoms. The Balaban J connectivity index is 2.07. The molecule has 3 rings (SSSR count). The molecule has 0 radical (unpaired) electrons. The Hall–Kier alpha value is -1.46. The van der Waals surface area contributed by atoms with E-state index in [4.69, 9.17) is 0 Å². The molecule has 0 saturated carbocycles. The molecule has 3 aromatic heterocycles. The summed E-state index contributed by atoms with van der Waals surface area (Å²) in [5.41, 5.74) is 0. The second-order valence-corrected chi connectivity index (χ2v) is 6.34. The van der Waals surface area contributed by atoms with Crippen LogP contribution >= 0.6 is 22.7 Å². The second-order valence-electron chi connectivity index (χ2n) is 4.07. The zero-order chi connectivity index (χ0) is 12.5. The minimum atomic E-state index is 0.805. The summed E-state index contributed by atoms with van der Waals surface area (Å²) < 4.78 is 0. The fourth-order valence-electron chi connectivity index (χ4n) is 1.92. The third kappa shape index (κ3) is 2.11. The molecule has 3 heterocycles. The third-order valence-corrected chi connectivity index (χ3v) is 4.53. The van der Waals surface area contributed by atoms with Crippen molar-refractivity contribution in [2.75, 3.05) is 12.4 Å². The van der Waals surface area contributed by atoms with Gasteiger partial charge in [-0.3, -0.25) is 0 Å². The van der Waals surface area contributed by atoms with Gasteiger partial charge >= 0.3 is 0 Å². The molecule has 0 unspecified atom stereocenters. The fraction of sp³-hybridized carbons (Fsp3) is 0.231. The topological polar surface area (TPSA) is 37.8 Å². The molecule has 0 aromatic carbocycles. The number of fused-ring (bicyclic) bond motifs is 1. The number of aryl methyl sites for hydroxylation is 1. The van der Waals surface area contributed by atoms with Gasteiger partial charge in [0.2, 0.25) is 0 Å². The maximum Gasteiger partial charge on any atom is 0.138 e. The Morgan fingerprint density at radius 3 is 2.94 bits per heavy atom. The molecule has 3 aromatic rings. The van der Waals surface area contributed by atoms with Crippen LogP contribution in [0.1, 0.15) is 15.6 Å². The number of thiophene rings is 2. The summed E-state index contributed by atoms with van der Waals surface area (Å²) in [4.78, 5) is 12.9. The Kier molecular flexibility index (Phi) is 3.01. The van der Waals surface area contributed by atoms with Gasteiger partial charge in [-0.1, -0.05) is 6.07 Å². The first-order valence-corrected chi connectivity index (χ1v) is 7.43. The Bertz CT molecular complexity index is 671. The minimum absolute atomic E-state index is 0.805. The Labute approximate surface area is 114 Å². The zero-order valence-electron chi connectivity index (χ0n) is 10.2. The van der Waals surface area contributed by atoms with E-state index in [9.17, 15) is 0 Å². The third-order valence-electron chi connectivity index (χ3n) is 2.71. The van der Waals surface area contributed by atoms with Crippen LogP contribution in [0.5, 0.6) is 0 Å². The van der Waals surface area contributed by atoms with Gasteiger partial charge in [-0.2, -0.15) is 0 Å². The first kappa shape index (κ1) is 11.6. The van der Waals surface area contributed by atoms with Gasteiger partial charge in [-0.05, 0) is 24.4 Å². The van der Waals surface area contributed by atoms with E-state index in [1.54, 1.807) is 22.7 Å². The Morgan fingerprint density at radius 1 is 1.33 bits per heavy atom. The number of aromatic nitrogens is 2. The van der Waals surface area contributed by atoms with Gasteiger partial charge in [0.05, 0.1) is 5.39 Å². The number of hydrogen-bond acceptors (Lipinski definition) is 5. The highest BCUT2D eigenvalue weighted by Crippen LogP contribution is 2.28. The summed E-state index contributed by atoms with van der Waals surface area (Å²) in [5.74, 6) is 1.81. The first-order valence-electron chi connectivity index (χ1n) is 5.73. The number of hydrogen-bond donors (Lipinski definition) is 1. The molecule has 92 valence electrons. The second kappa shape index (κ2) is 4.66. The SMILES string of the molecule is CNc1nc(Cc2cccs2)nc2sc(C)cc12. The molecule has 3 nitrogen and oxygen atoms in total. The van der Waals surface area contributed by atoms with Crippen LogP contribution in [0, 0.1) is 6.92 Å². The van der Waals surface area contributed by atoms with Gasteiger partial charge in [0.1, 0.15) is 16.5 Å². The van der Waals surface area contributed by atoms with Crippen molar-refractivity contribution in [3.63, 3.8) is 0 Å². The van der Waals surface area contributed by atoms with Gasteiger partial charge < -0.3 is 5.32 Å². The van der Waals surface area contributed by atoms with Crippen LogP contribution in [0.4, 0.5) is 5.82 Å². The molecule has 0 saturated heterocycles. The molecule has 0 bridgehead atoms. The quantitative estimate of drug-likeness (QED) is 0.792. The molecule has 0 aliphatic rings. The van der Waals surface area contributed by atoms with Crippen LogP contribution in [0.15, 0.2) is 23.6 Å². The lowest BCUT2D eigenvalue weighted by Crippen LogP contribution is -2.00. The predicted molar refractivity (Wildman–Crippen MR) is 78.8 cm³/mol. The largest absolute Gasteiger partial charge is 0.372 e. The van der Waals surface area contributed by atoms with Gasteiger partial charge in [0.25, 0.3) is 0 Å². The highest BCUT2D eigenvalue weighted by Gasteiger charge is 2.10. The van der Waals surface area contributed by atoms with E-state index in [2.05, 4.69) is 45.8 Å².